The molecule has 0 fully saturated rings. The number of nitrogens with one attached hydrogen (secondary N) is 2. The summed E-state index contributed by atoms with van der Waals surface area (Å²) in [5.74, 6) is -0.284. The summed E-state index contributed by atoms with van der Waals surface area (Å²) in [6, 6.07) is 11.0. The highest BCUT2D eigenvalue weighted by Gasteiger charge is 2.18. The molecule has 25 heavy (non-hydrogen) atoms. The number of anilines is 1. The lowest BCUT2D eigenvalue weighted by molar-refractivity contribution is 0.102. The van der Waals surface area contributed by atoms with Crippen molar-refractivity contribution >= 4 is 33.2 Å². The zero-order valence-electron chi connectivity index (χ0n) is 14.3. The van der Waals surface area contributed by atoms with Crippen LogP contribution in [-0.4, -0.2) is 20.4 Å². The molecule has 0 radical (unpaired) electrons. The van der Waals surface area contributed by atoms with E-state index in [4.69, 9.17) is 11.6 Å². The first-order valence-corrected chi connectivity index (χ1v) is 9.79. The summed E-state index contributed by atoms with van der Waals surface area (Å²) in [5.41, 5.74) is 1.69. The fourth-order valence-electron chi connectivity index (χ4n) is 2.16. The van der Waals surface area contributed by atoms with E-state index in [1.165, 1.54) is 6.07 Å². The van der Waals surface area contributed by atoms with Gasteiger partial charge in [0.25, 0.3) is 5.91 Å². The fourth-order valence-corrected chi connectivity index (χ4v) is 3.69. The third-order valence-corrected chi connectivity index (χ3v) is 5.67. The van der Waals surface area contributed by atoms with Crippen LogP contribution < -0.4 is 10.0 Å². The van der Waals surface area contributed by atoms with Gasteiger partial charge in [0.1, 0.15) is 0 Å². The minimum atomic E-state index is -3.57. The summed E-state index contributed by atoms with van der Waals surface area (Å²) in [7, 11) is -3.57. The molecule has 5 nitrogen and oxygen atoms in total. The van der Waals surface area contributed by atoms with E-state index in [1.54, 1.807) is 43.3 Å². The van der Waals surface area contributed by atoms with Crippen LogP contribution in [0.25, 0.3) is 0 Å². The molecular weight excluding hydrogens is 360 g/mol. The maximum absolute atomic E-state index is 12.3. The van der Waals surface area contributed by atoms with E-state index in [-0.39, 0.29) is 16.8 Å². The molecule has 0 saturated heterocycles. The van der Waals surface area contributed by atoms with Crippen LogP contribution in [-0.2, 0) is 10.0 Å². The second kappa shape index (κ2) is 7.99. The molecule has 0 saturated carbocycles. The van der Waals surface area contributed by atoms with Crippen molar-refractivity contribution < 1.29 is 13.2 Å². The van der Waals surface area contributed by atoms with E-state index in [0.717, 1.165) is 0 Å². The number of hydrogen-bond acceptors (Lipinski definition) is 3. The molecule has 2 aromatic carbocycles. The minimum absolute atomic E-state index is 0.144. The molecule has 1 atom stereocenters. The van der Waals surface area contributed by atoms with Gasteiger partial charge in [0, 0.05) is 22.3 Å². The first-order chi connectivity index (χ1) is 11.7. The number of rotatable bonds is 6. The molecule has 0 aliphatic heterocycles. The van der Waals surface area contributed by atoms with Crippen molar-refractivity contribution in [3.63, 3.8) is 0 Å². The van der Waals surface area contributed by atoms with Crippen molar-refractivity contribution in [3.8, 4) is 0 Å². The second-order valence-electron chi connectivity index (χ2n) is 5.87. The Morgan fingerprint density at radius 1 is 1.16 bits per heavy atom. The van der Waals surface area contributed by atoms with Gasteiger partial charge in [-0.2, -0.15) is 0 Å². The molecule has 1 amide bonds. The summed E-state index contributed by atoms with van der Waals surface area (Å²) in [4.78, 5) is 12.4. The Morgan fingerprint density at radius 2 is 1.80 bits per heavy atom. The monoisotopic (exact) mass is 380 g/mol. The van der Waals surface area contributed by atoms with Crippen LogP contribution in [0, 0.1) is 6.92 Å². The number of hydrogen-bond donors (Lipinski definition) is 2. The number of carbonyl (C=O) groups is 1. The predicted molar refractivity (Wildman–Crippen MR) is 101 cm³/mol. The van der Waals surface area contributed by atoms with E-state index in [0.29, 0.717) is 28.3 Å². The fraction of sp³-hybridized carbons (Fsp3) is 0.278. The Hall–Kier alpha value is -1.89. The van der Waals surface area contributed by atoms with Crippen LogP contribution in [0.2, 0.25) is 5.02 Å². The Morgan fingerprint density at radius 3 is 2.36 bits per heavy atom. The molecule has 0 spiro atoms. The largest absolute Gasteiger partial charge is 0.322 e. The van der Waals surface area contributed by atoms with Gasteiger partial charge in [-0.05, 0) is 68.3 Å². The van der Waals surface area contributed by atoms with Gasteiger partial charge in [-0.15, -0.1) is 0 Å². The van der Waals surface area contributed by atoms with E-state index in [1.807, 2.05) is 13.8 Å². The Balaban J connectivity index is 2.19. The van der Waals surface area contributed by atoms with Crippen molar-refractivity contribution in [2.45, 2.75) is 38.1 Å². The van der Waals surface area contributed by atoms with Gasteiger partial charge >= 0.3 is 0 Å². The molecular formula is C18H21ClN2O3S. The highest BCUT2D eigenvalue weighted by molar-refractivity contribution is 7.89. The number of benzene rings is 2. The van der Waals surface area contributed by atoms with Crippen molar-refractivity contribution in [3.05, 3.63) is 58.6 Å². The average molecular weight is 381 g/mol. The van der Waals surface area contributed by atoms with Crippen LogP contribution in [0.5, 0.6) is 0 Å². The average Bonchev–Trinajstić information content (AvgIpc) is 2.56. The van der Waals surface area contributed by atoms with Crippen LogP contribution >= 0.6 is 11.6 Å². The molecule has 0 heterocycles. The van der Waals surface area contributed by atoms with Gasteiger partial charge in [-0.1, -0.05) is 18.5 Å². The van der Waals surface area contributed by atoms with Crippen LogP contribution in [0.3, 0.4) is 0 Å². The minimum Gasteiger partial charge on any atom is -0.322 e. The summed E-state index contributed by atoms with van der Waals surface area (Å²) in [5, 5.41) is 3.33. The van der Waals surface area contributed by atoms with Crippen molar-refractivity contribution in [1.82, 2.24) is 4.72 Å². The predicted octanol–water partition coefficient (Wildman–Crippen LogP) is 3.98. The maximum atomic E-state index is 12.3. The first-order valence-electron chi connectivity index (χ1n) is 7.93. The van der Waals surface area contributed by atoms with Gasteiger partial charge in [-0.25, -0.2) is 13.1 Å². The Kier molecular flexibility index (Phi) is 6.21. The van der Waals surface area contributed by atoms with Crippen molar-refractivity contribution in [1.29, 1.82) is 0 Å². The smallest absolute Gasteiger partial charge is 0.255 e. The number of carbonyl (C=O) groups excluding carboxylic acids is 1. The van der Waals surface area contributed by atoms with Gasteiger partial charge < -0.3 is 5.32 Å². The highest BCUT2D eigenvalue weighted by atomic mass is 35.5. The third kappa shape index (κ3) is 5.04. The van der Waals surface area contributed by atoms with E-state index >= 15 is 0 Å². The zero-order chi connectivity index (χ0) is 18.6. The van der Waals surface area contributed by atoms with E-state index in [2.05, 4.69) is 10.0 Å². The standard InChI is InChI=1S/C18H21ClN2O3S/c1-4-13(3)21-25(23,24)16-9-10-17(12(2)11-16)20-18(22)14-5-7-15(19)8-6-14/h5-11,13,21H,4H2,1-3H3,(H,20,22)/t13-/m1/s1. The van der Waals surface area contributed by atoms with Crippen LogP contribution in [0.1, 0.15) is 36.2 Å². The molecule has 0 aromatic heterocycles. The molecule has 0 aliphatic rings. The summed E-state index contributed by atoms with van der Waals surface area (Å²) < 4.78 is 27.3. The molecule has 0 unspecified atom stereocenters. The SMILES string of the molecule is CC[C@@H](C)NS(=O)(=O)c1ccc(NC(=O)c2ccc(Cl)cc2)c(C)c1. The molecule has 134 valence electrons. The molecule has 2 aromatic rings. The molecule has 0 aliphatic carbocycles. The van der Waals surface area contributed by atoms with E-state index < -0.39 is 10.0 Å². The Bertz CT molecular complexity index is 864. The molecule has 0 bridgehead atoms. The van der Waals surface area contributed by atoms with Gasteiger partial charge in [0.15, 0.2) is 0 Å². The van der Waals surface area contributed by atoms with Crippen molar-refractivity contribution in [2.24, 2.45) is 0 Å². The third-order valence-electron chi connectivity index (χ3n) is 3.83. The van der Waals surface area contributed by atoms with Crippen LogP contribution in [0.4, 0.5) is 5.69 Å². The molecule has 7 heteroatoms. The summed E-state index contributed by atoms with van der Waals surface area (Å²) >= 11 is 5.81. The number of halogens is 1. The Labute approximate surface area is 153 Å². The highest BCUT2D eigenvalue weighted by Crippen LogP contribution is 2.21. The second-order valence-corrected chi connectivity index (χ2v) is 8.02. The van der Waals surface area contributed by atoms with Crippen LogP contribution in [0.15, 0.2) is 47.4 Å². The lowest BCUT2D eigenvalue weighted by atomic mass is 10.1. The number of aryl methyl sites for hydroxylation is 1. The normalized spacial score (nSPS) is 12.6. The first kappa shape index (κ1) is 19.4. The van der Waals surface area contributed by atoms with Gasteiger partial charge in [0.05, 0.1) is 4.90 Å². The number of amides is 1. The van der Waals surface area contributed by atoms with Crippen molar-refractivity contribution in [2.75, 3.05) is 5.32 Å². The van der Waals surface area contributed by atoms with Gasteiger partial charge in [0.2, 0.25) is 10.0 Å². The summed E-state index contributed by atoms with van der Waals surface area (Å²) in [6.07, 6.45) is 0.702. The number of sulfonamides is 1. The summed E-state index contributed by atoms with van der Waals surface area (Å²) in [6.45, 7) is 5.47. The molecule has 2 rings (SSSR count). The van der Waals surface area contributed by atoms with Gasteiger partial charge in [-0.3, -0.25) is 4.79 Å². The zero-order valence-corrected chi connectivity index (χ0v) is 15.9. The maximum Gasteiger partial charge on any atom is 0.255 e. The van der Waals surface area contributed by atoms with E-state index in [9.17, 15) is 13.2 Å². The topological polar surface area (TPSA) is 75.3 Å². The quantitative estimate of drug-likeness (QED) is 0.795. The lowest BCUT2D eigenvalue weighted by Crippen LogP contribution is -2.32. The lowest BCUT2D eigenvalue weighted by Gasteiger charge is -2.14. The molecule has 2 N–H and O–H groups in total.